The lowest BCUT2D eigenvalue weighted by Crippen LogP contribution is -2.18. The van der Waals surface area contributed by atoms with Gasteiger partial charge in [-0.15, -0.1) is 0 Å². The molecule has 0 aliphatic carbocycles. The highest BCUT2D eigenvalue weighted by Gasteiger charge is 2.23. The molecule has 35 heavy (non-hydrogen) atoms. The van der Waals surface area contributed by atoms with E-state index in [0.717, 1.165) is 17.8 Å². The monoisotopic (exact) mass is 500 g/mol. The molecular formula is C24H19ClF2N4O4. The number of amidine groups is 1. The number of hydrogen-bond acceptors (Lipinski definition) is 7. The molecule has 1 atom stereocenters. The number of pyridine rings is 2. The van der Waals surface area contributed by atoms with Crippen molar-refractivity contribution in [1.82, 2.24) is 9.97 Å². The maximum atomic E-state index is 14.4. The molecule has 180 valence electrons. The van der Waals surface area contributed by atoms with E-state index in [2.05, 4.69) is 15.1 Å². The first-order chi connectivity index (χ1) is 16.6. The molecule has 0 spiro atoms. The van der Waals surface area contributed by atoms with E-state index < -0.39 is 23.3 Å². The highest BCUT2D eigenvalue weighted by Crippen LogP contribution is 2.34. The Balaban J connectivity index is 1.91. The Morgan fingerprint density at radius 2 is 2.00 bits per heavy atom. The molecule has 11 heteroatoms. The number of rotatable bonds is 5. The molecule has 0 radical (unpaired) electrons. The molecule has 3 N–H and O–H groups in total. The Morgan fingerprint density at radius 3 is 2.71 bits per heavy atom. The van der Waals surface area contributed by atoms with Crippen molar-refractivity contribution in [3.63, 3.8) is 0 Å². The van der Waals surface area contributed by atoms with Crippen LogP contribution in [0.4, 0.5) is 8.78 Å². The summed E-state index contributed by atoms with van der Waals surface area (Å²) >= 11 is 5.93. The van der Waals surface area contributed by atoms with Gasteiger partial charge in [0.25, 0.3) is 0 Å². The van der Waals surface area contributed by atoms with Crippen LogP contribution in [0.3, 0.4) is 0 Å². The van der Waals surface area contributed by atoms with Crippen LogP contribution in [0.1, 0.15) is 35.4 Å². The Labute approximate surface area is 202 Å². The van der Waals surface area contributed by atoms with Gasteiger partial charge in [0.05, 0.1) is 17.1 Å². The van der Waals surface area contributed by atoms with Crippen LogP contribution in [0.15, 0.2) is 50.9 Å². The number of halogens is 3. The second-order valence-electron chi connectivity index (χ2n) is 7.83. The van der Waals surface area contributed by atoms with E-state index in [0.29, 0.717) is 5.56 Å². The molecule has 0 amide bonds. The normalized spacial score (nSPS) is 12.7. The fraction of sp³-hybridized carbons (Fsp3) is 0.167. The van der Waals surface area contributed by atoms with Gasteiger partial charge in [0.15, 0.2) is 17.0 Å². The molecule has 0 fully saturated rings. The van der Waals surface area contributed by atoms with E-state index in [1.807, 2.05) is 0 Å². The summed E-state index contributed by atoms with van der Waals surface area (Å²) in [6, 6.07) is 7.25. The molecule has 0 aliphatic rings. The van der Waals surface area contributed by atoms with Crippen molar-refractivity contribution in [2.75, 3.05) is 0 Å². The lowest BCUT2D eigenvalue weighted by molar-refractivity contribution is 0.225. The zero-order valence-electron chi connectivity index (χ0n) is 18.8. The summed E-state index contributed by atoms with van der Waals surface area (Å²) in [5.74, 6) is -2.07. The van der Waals surface area contributed by atoms with Crippen LogP contribution in [0, 0.1) is 25.6 Å². The topological polar surface area (TPSA) is 124 Å². The highest BCUT2D eigenvalue weighted by atomic mass is 35.5. The maximum Gasteiger partial charge on any atom is 0.224 e. The number of nitrogens with zero attached hydrogens (tertiary/aromatic N) is 3. The van der Waals surface area contributed by atoms with Gasteiger partial charge in [0.2, 0.25) is 5.95 Å². The second-order valence-corrected chi connectivity index (χ2v) is 8.22. The van der Waals surface area contributed by atoms with Crippen LogP contribution >= 0.6 is 11.6 Å². The van der Waals surface area contributed by atoms with Gasteiger partial charge in [-0.3, -0.25) is 4.79 Å². The predicted molar refractivity (Wildman–Crippen MR) is 126 cm³/mol. The first-order valence-electron chi connectivity index (χ1n) is 10.3. The van der Waals surface area contributed by atoms with Gasteiger partial charge >= 0.3 is 0 Å². The van der Waals surface area contributed by atoms with E-state index in [-0.39, 0.29) is 50.3 Å². The fourth-order valence-corrected chi connectivity index (χ4v) is 3.86. The molecule has 3 aromatic heterocycles. The number of hydrogen-bond donors (Lipinski definition) is 2. The smallest absolute Gasteiger partial charge is 0.224 e. The van der Waals surface area contributed by atoms with E-state index in [9.17, 15) is 13.6 Å². The molecule has 0 aliphatic heterocycles. The van der Waals surface area contributed by atoms with Crippen molar-refractivity contribution in [3.8, 4) is 17.1 Å². The molecule has 3 heterocycles. The van der Waals surface area contributed by atoms with Crippen molar-refractivity contribution < 1.29 is 23.1 Å². The third-order valence-corrected chi connectivity index (χ3v) is 5.57. The Morgan fingerprint density at radius 1 is 1.26 bits per heavy atom. The van der Waals surface area contributed by atoms with E-state index in [4.69, 9.17) is 31.7 Å². The summed E-state index contributed by atoms with van der Waals surface area (Å²) < 4.78 is 40.3. The number of oxime groups is 1. The van der Waals surface area contributed by atoms with Crippen molar-refractivity contribution in [2.24, 2.45) is 10.9 Å². The van der Waals surface area contributed by atoms with Gasteiger partial charge in [-0.1, -0.05) is 16.8 Å². The first kappa shape index (κ1) is 24.1. The molecule has 4 aromatic rings. The third-order valence-electron chi connectivity index (χ3n) is 5.36. The minimum absolute atomic E-state index is 0.00898. The molecular weight excluding hydrogens is 482 g/mol. The molecule has 0 unspecified atom stereocenters. The molecule has 1 aromatic carbocycles. The molecule has 0 saturated heterocycles. The predicted octanol–water partition coefficient (Wildman–Crippen LogP) is 5.03. The highest BCUT2D eigenvalue weighted by molar-refractivity contribution is 6.29. The van der Waals surface area contributed by atoms with E-state index in [1.54, 1.807) is 26.0 Å². The van der Waals surface area contributed by atoms with Crippen molar-refractivity contribution in [1.29, 1.82) is 0 Å². The van der Waals surface area contributed by atoms with Crippen molar-refractivity contribution >= 4 is 28.4 Å². The minimum Gasteiger partial charge on any atom is -0.483 e. The van der Waals surface area contributed by atoms with Gasteiger partial charge < -0.3 is 20.1 Å². The number of fused-ring (bicyclic) bond motifs is 1. The van der Waals surface area contributed by atoms with E-state index >= 15 is 0 Å². The zero-order chi connectivity index (χ0) is 25.4. The molecule has 4 rings (SSSR count). The summed E-state index contributed by atoms with van der Waals surface area (Å²) in [5.41, 5.74) is 6.45. The summed E-state index contributed by atoms with van der Waals surface area (Å²) in [7, 11) is 0. The largest absolute Gasteiger partial charge is 0.483 e. The zero-order valence-corrected chi connectivity index (χ0v) is 19.5. The standard InChI is InChI=1S/C24H19ClF2N4O4/c1-10-6-14(12(3)34-17-4-5-18(25)30-19(17)24(28)31-33)22-15(7-10)20(32)11(2)21(35-22)16-8-13(26)9-29-23(16)27/h4-9,12,33H,1-3H3,(H2,28,31)/t12-/m1/s1. The van der Waals surface area contributed by atoms with Gasteiger partial charge in [-0.05, 0) is 56.7 Å². The van der Waals surface area contributed by atoms with Crippen LogP contribution in [0.5, 0.6) is 5.75 Å². The average molecular weight is 501 g/mol. The van der Waals surface area contributed by atoms with Crippen LogP contribution in [0.25, 0.3) is 22.3 Å². The molecule has 8 nitrogen and oxygen atoms in total. The third kappa shape index (κ3) is 4.52. The summed E-state index contributed by atoms with van der Waals surface area (Å²) in [5, 5.41) is 12.4. The number of aromatic nitrogens is 2. The van der Waals surface area contributed by atoms with Crippen molar-refractivity contribution in [3.05, 3.63) is 86.1 Å². The summed E-state index contributed by atoms with van der Waals surface area (Å²) in [6.45, 7) is 4.94. The molecule has 0 saturated carbocycles. The minimum atomic E-state index is -0.981. The number of aryl methyl sites for hydroxylation is 1. The van der Waals surface area contributed by atoms with Crippen LogP contribution in [-0.2, 0) is 0 Å². The molecule has 0 bridgehead atoms. The number of nitrogens with two attached hydrogens (primary N) is 1. The van der Waals surface area contributed by atoms with E-state index in [1.165, 1.54) is 19.1 Å². The lowest BCUT2D eigenvalue weighted by atomic mass is 10.00. The maximum absolute atomic E-state index is 14.4. The number of benzene rings is 1. The van der Waals surface area contributed by atoms with Gasteiger partial charge in [-0.2, -0.15) is 4.39 Å². The van der Waals surface area contributed by atoms with Crippen LogP contribution in [-0.4, -0.2) is 21.0 Å². The van der Waals surface area contributed by atoms with Crippen molar-refractivity contribution in [2.45, 2.75) is 26.9 Å². The average Bonchev–Trinajstić information content (AvgIpc) is 2.83. The Bertz CT molecular complexity index is 1560. The second kappa shape index (κ2) is 9.30. The van der Waals surface area contributed by atoms with Gasteiger partial charge in [0.1, 0.15) is 34.2 Å². The SMILES string of the molecule is Cc1cc([C@@H](C)Oc2ccc(Cl)nc2C(N)=NO)c2oc(-c3cc(F)cnc3F)c(C)c(=O)c2c1. The lowest BCUT2D eigenvalue weighted by Gasteiger charge is -2.19. The van der Waals surface area contributed by atoms with Gasteiger partial charge in [0, 0.05) is 11.1 Å². The first-order valence-corrected chi connectivity index (χ1v) is 10.7. The van der Waals surface area contributed by atoms with Crippen LogP contribution < -0.4 is 15.9 Å². The quantitative estimate of drug-likeness (QED) is 0.129. The van der Waals surface area contributed by atoms with Gasteiger partial charge in [-0.25, -0.2) is 14.4 Å². The van der Waals surface area contributed by atoms with Crippen LogP contribution in [0.2, 0.25) is 5.15 Å². The summed E-state index contributed by atoms with van der Waals surface area (Å²) in [6.07, 6.45) is -0.0169. The number of ether oxygens (including phenoxy) is 1. The Kier molecular flexibility index (Phi) is 6.40. The Hall–Kier alpha value is -4.05. The summed E-state index contributed by atoms with van der Waals surface area (Å²) in [4.78, 5) is 20.6. The fourth-order valence-electron chi connectivity index (χ4n) is 3.71.